The van der Waals surface area contributed by atoms with Crippen LogP contribution in [0.15, 0.2) is 43.0 Å². The van der Waals surface area contributed by atoms with Crippen LogP contribution >= 0.6 is 0 Å². The second kappa shape index (κ2) is 4.58. The predicted octanol–water partition coefficient (Wildman–Crippen LogP) is -1.12. The molecule has 3 heteroatoms. The number of rotatable bonds is 1. The van der Waals surface area contributed by atoms with Crippen LogP contribution in [0.1, 0.15) is 18.1 Å². The summed E-state index contributed by atoms with van der Waals surface area (Å²) in [5, 5.41) is 13.5. The molecule has 1 aliphatic rings. The van der Waals surface area contributed by atoms with E-state index in [4.69, 9.17) is 0 Å². The summed E-state index contributed by atoms with van der Waals surface area (Å²) in [7, 11) is 0. The van der Waals surface area contributed by atoms with Gasteiger partial charge in [-0.1, -0.05) is 43.0 Å². The number of aliphatic carboxylic acids is 1. The summed E-state index contributed by atoms with van der Waals surface area (Å²) in [4.78, 5) is 11.5. The normalized spacial score (nSPS) is 20.8. The van der Waals surface area contributed by atoms with E-state index in [0.717, 1.165) is 21.9 Å². The van der Waals surface area contributed by atoms with E-state index >= 15 is 0 Å². The second-order valence-electron chi connectivity index (χ2n) is 4.60. The molecular formula is C15H11KO2. The van der Waals surface area contributed by atoms with E-state index < -0.39 is 11.4 Å². The molecule has 18 heavy (non-hydrogen) atoms. The predicted molar refractivity (Wildman–Crippen MR) is 65.3 cm³/mol. The largest absolute Gasteiger partial charge is 1.00 e. The van der Waals surface area contributed by atoms with Crippen molar-refractivity contribution in [2.24, 2.45) is 0 Å². The molecule has 0 amide bonds. The Bertz CT molecular complexity index is 670. The monoisotopic (exact) mass is 262 g/mol. The minimum atomic E-state index is -1.11. The van der Waals surface area contributed by atoms with Crippen LogP contribution in [0.5, 0.6) is 0 Å². The Morgan fingerprint density at radius 1 is 1.22 bits per heavy atom. The molecule has 0 heterocycles. The fourth-order valence-corrected chi connectivity index (χ4v) is 2.67. The van der Waals surface area contributed by atoms with Gasteiger partial charge in [-0.15, -0.1) is 0 Å². The standard InChI is InChI=1S/C15H12O2.K/c1-9-11-7-3-5-10-6-4-8-12(13(10)11)15(9,2)14(16)17;/h3-8H,1H2,2H3,(H,16,17);/q;+1/p-1. The summed E-state index contributed by atoms with van der Waals surface area (Å²) in [5.41, 5.74) is 1.22. The van der Waals surface area contributed by atoms with E-state index in [1.165, 1.54) is 0 Å². The van der Waals surface area contributed by atoms with Crippen molar-refractivity contribution in [1.82, 2.24) is 0 Å². The second-order valence-corrected chi connectivity index (χ2v) is 4.60. The molecule has 84 valence electrons. The Balaban J connectivity index is 0.00000120. The molecule has 1 aliphatic carbocycles. The fraction of sp³-hybridized carbons (Fsp3) is 0.133. The smallest absolute Gasteiger partial charge is 0.549 e. The first-order chi connectivity index (χ1) is 8.06. The maximum atomic E-state index is 11.5. The summed E-state index contributed by atoms with van der Waals surface area (Å²) in [6.07, 6.45) is 0. The third-order valence-electron chi connectivity index (χ3n) is 3.78. The third-order valence-corrected chi connectivity index (χ3v) is 3.78. The quantitative estimate of drug-likeness (QED) is 0.611. The zero-order valence-corrected chi connectivity index (χ0v) is 13.6. The Labute approximate surface area is 148 Å². The molecule has 0 radical (unpaired) electrons. The number of carboxylic acids is 1. The molecule has 0 aromatic heterocycles. The summed E-state index contributed by atoms with van der Waals surface area (Å²) in [5.74, 6) is -1.09. The molecule has 1 atom stereocenters. The van der Waals surface area contributed by atoms with Crippen LogP contribution in [0.4, 0.5) is 0 Å². The zero-order chi connectivity index (χ0) is 12.2. The number of carbonyl (C=O) groups is 1. The number of benzene rings is 2. The summed E-state index contributed by atoms with van der Waals surface area (Å²) < 4.78 is 0. The maximum absolute atomic E-state index is 11.5. The van der Waals surface area contributed by atoms with Crippen molar-refractivity contribution in [3.8, 4) is 0 Å². The molecular weight excluding hydrogens is 251 g/mol. The van der Waals surface area contributed by atoms with Crippen LogP contribution in [0.3, 0.4) is 0 Å². The van der Waals surface area contributed by atoms with Crippen LogP contribution in [-0.4, -0.2) is 5.97 Å². The van der Waals surface area contributed by atoms with Crippen molar-refractivity contribution in [3.63, 3.8) is 0 Å². The number of hydrogen-bond donors (Lipinski definition) is 0. The molecule has 0 aliphatic heterocycles. The first-order valence-electron chi connectivity index (χ1n) is 5.50. The number of carbonyl (C=O) groups excluding carboxylic acids is 1. The van der Waals surface area contributed by atoms with Crippen molar-refractivity contribution in [3.05, 3.63) is 54.1 Å². The van der Waals surface area contributed by atoms with E-state index in [9.17, 15) is 9.90 Å². The first-order valence-corrected chi connectivity index (χ1v) is 5.50. The van der Waals surface area contributed by atoms with E-state index in [2.05, 4.69) is 6.58 Å². The van der Waals surface area contributed by atoms with Crippen LogP contribution in [0, 0.1) is 0 Å². The molecule has 0 N–H and O–H groups in total. The van der Waals surface area contributed by atoms with Gasteiger partial charge in [0.15, 0.2) is 0 Å². The Kier molecular flexibility index (Phi) is 3.55. The minimum absolute atomic E-state index is 0. The van der Waals surface area contributed by atoms with Gasteiger partial charge in [-0.25, -0.2) is 0 Å². The maximum Gasteiger partial charge on any atom is 1.00 e. The average molecular weight is 262 g/mol. The topological polar surface area (TPSA) is 40.1 Å². The third kappa shape index (κ3) is 1.59. The fourth-order valence-electron chi connectivity index (χ4n) is 2.67. The van der Waals surface area contributed by atoms with E-state index in [0.29, 0.717) is 5.57 Å². The van der Waals surface area contributed by atoms with E-state index in [-0.39, 0.29) is 51.4 Å². The number of hydrogen-bond acceptors (Lipinski definition) is 2. The molecule has 2 aromatic carbocycles. The van der Waals surface area contributed by atoms with Gasteiger partial charge < -0.3 is 9.90 Å². The van der Waals surface area contributed by atoms with Gasteiger partial charge in [0.25, 0.3) is 0 Å². The number of carboxylic acid groups (broad SMARTS) is 1. The molecule has 2 nitrogen and oxygen atoms in total. The van der Waals surface area contributed by atoms with Gasteiger partial charge in [-0.05, 0) is 34.4 Å². The molecule has 0 bridgehead atoms. The van der Waals surface area contributed by atoms with Gasteiger partial charge in [0.1, 0.15) is 0 Å². The van der Waals surface area contributed by atoms with Crippen molar-refractivity contribution in [1.29, 1.82) is 0 Å². The minimum Gasteiger partial charge on any atom is -0.549 e. The molecule has 0 fully saturated rings. The van der Waals surface area contributed by atoms with Crippen LogP contribution < -0.4 is 56.5 Å². The Morgan fingerprint density at radius 3 is 2.44 bits per heavy atom. The molecule has 1 unspecified atom stereocenters. The van der Waals surface area contributed by atoms with Crippen LogP contribution in [-0.2, 0) is 10.2 Å². The summed E-state index contributed by atoms with van der Waals surface area (Å²) in [6, 6.07) is 11.5. The van der Waals surface area contributed by atoms with Crippen LogP contribution in [0.25, 0.3) is 16.3 Å². The van der Waals surface area contributed by atoms with E-state index in [1.54, 1.807) is 6.92 Å². The Morgan fingerprint density at radius 2 is 1.83 bits per heavy atom. The molecule has 0 saturated heterocycles. The van der Waals surface area contributed by atoms with Gasteiger partial charge in [0.2, 0.25) is 0 Å². The van der Waals surface area contributed by atoms with Gasteiger partial charge in [0, 0.05) is 0 Å². The molecule has 2 aromatic rings. The van der Waals surface area contributed by atoms with Crippen molar-refractivity contribution >= 4 is 22.3 Å². The van der Waals surface area contributed by atoms with Crippen molar-refractivity contribution in [2.75, 3.05) is 0 Å². The zero-order valence-electron chi connectivity index (χ0n) is 10.5. The average Bonchev–Trinajstić information content (AvgIpc) is 2.56. The van der Waals surface area contributed by atoms with E-state index in [1.807, 2.05) is 36.4 Å². The van der Waals surface area contributed by atoms with Crippen molar-refractivity contribution in [2.45, 2.75) is 12.3 Å². The van der Waals surface area contributed by atoms with Crippen molar-refractivity contribution < 1.29 is 61.3 Å². The van der Waals surface area contributed by atoms with Crippen LogP contribution in [0.2, 0.25) is 0 Å². The molecule has 0 saturated carbocycles. The SMILES string of the molecule is C=C1c2cccc3cccc(c23)C1(C)C(=O)[O-].[K+]. The molecule has 0 spiro atoms. The van der Waals surface area contributed by atoms with Gasteiger partial charge in [0.05, 0.1) is 11.4 Å². The first kappa shape index (κ1) is 14.0. The molecule has 3 rings (SSSR count). The Hall–Kier alpha value is -0.454. The summed E-state index contributed by atoms with van der Waals surface area (Å²) >= 11 is 0. The summed E-state index contributed by atoms with van der Waals surface area (Å²) in [6.45, 7) is 5.61. The van der Waals surface area contributed by atoms with Gasteiger partial charge in [-0.2, -0.15) is 0 Å². The van der Waals surface area contributed by atoms with Gasteiger partial charge >= 0.3 is 51.4 Å². The van der Waals surface area contributed by atoms with Gasteiger partial charge in [-0.3, -0.25) is 0 Å².